The maximum atomic E-state index is 12.2. The number of aldehydes is 1. The van der Waals surface area contributed by atoms with Crippen molar-refractivity contribution in [3.05, 3.63) is 0 Å². The second-order valence-corrected chi connectivity index (χ2v) is 10.9. The molecule has 0 spiro atoms. The quantitative estimate of drug-likeness (QED) is 0.0715. The van der Waals surface area contributed by atoms with Crippen molar-refractivity contribution in [1.82, 2.24) is 16.0 Å². The number of ketones is 1. The third kappa shape index (κ3) is 23.6. The number of nitrogens with one attached hydrogen (secondary N) is 3. The lowest BCUT2D eigenvalue weighted by atomic mass is 10.0. The number of carboxylic acid groups (broad SMARTS) is 1. The zero-order valence-electron chi connectivity index (χ0n) is 25.3. The van der Waals surface area contributed by atoms with E-state index in [2.05, 4.69) is 16.0 Å². The number of unbranched alkanes of at least 4 members (excludes halogenated alkanes) is 15. The normalized spacial score (nSPS) is 12.4. The summed E-state index contributed by atoms with van der Waals surface area (Å²) in [5, 5.41) is 17.7. The zero-order valence-corrected chi connectivity index (χ0v) is 25.3. The standard InChI is InChI=1S/C31H57N3O6/c1-26(36)27(32-2)20-17-18-24-33-29(37)23-22-28(31(39)40)34-30(38)21-16-14-12-10-8-6-4-3-5-7-9-11-13-15-19-25-35/h25,27-28,32H,3-24H2,1-2H3,(H,33,37)(H,34,38)(H,39,40). The third-order valence-electron chi connectivity index (χ3n) is 7.35. The maximum Gasteiger partial charge on any atom is 0.326 e. The molecule has 0 rings (SSSR count). The first-order chi connectivity index (χ1) is 19.3. The van der Waals surface area contributed by atoms with E-state index >= 15 is 0 Å². The molecule has 0 saturated carbocycles. The van der Waals surface area contributed by atoms with Gasteiger partial charge in [0.15, 0.2) is 0 Å². The lowest BCUT2D eigenvalue weighted by Crippen LogP contribution is -2.41. The fraction of sp³-hybridized carbons (Fsp3) is 0.839. The second kappa shape index (κ2) is 26.9. The molecule has 0 heterocycles. The Bertz CT molecular complexity index is 701. The van der Waals surface area contributed by atoms with E-state index in [0.717, 1.165) is 51.2 Å². The first-order valence-electron chi connectivity index (χ1n) is 15.7. The van der Waals surface area contributed by atoms with Crippen molar-refractivity contribution in [2.45, 2.75) is 154 Å². The summed E-state index contributed by atoms with van der Waals surface area (Å²) >= 11 is 0. The lowest BCUT2D eigenvalue weighted by Gasteiger charge is -2.15. The Kier molecular flexibility index (Phi) is 25.4. The number of rotatable bonds is 29. The van der Waals surface area contributed by atoms with Crippen LogP contribution in [0, 0.1) is 0 Å². The smallest absolute Gasteiger partial charge is 0.326 e. The molecule has 0 saturated heterocycles. The minimum absolute atomic E-state index is 0.0340. The summed E-state index contributed by atoms with van der Waals surface area (Å²) in [6.07, 6.45) is 20.6. The van der Waals surface area contributed by atoms with Gasteiger partial charge in [0.1, 0.15) is 18.1 Å². The number of hydrogen-bond acceptors (Lipinski definition) is 6. The molecule has 0 aromatic heterocycles. The van der Waals surface area contributed by atoms with Gasteiger partial charge in [0, 0.05) is 25.8 Å². The van der Waals surface area contributed by atoms with E-state index in [1.54, 1.807) is 14.0 Å². The van der Waals surface area contributed by atoms with Crippen molar-refractivity contribution in [2.75, 3.05) is 13.6 Å². The van der Waals surface area contributed by atoms with E-state index in [1.165, 1.54) is 57.8 Å². The molecule has 40 heavy (non-hydrogen) atoms. The van der Waals surface area contributed by atoms with Crippen molar-refractivity contribution in [3.63, 3.8) is 0 Å². The van der Waals surface area contributed by atoms with Gasteiger partial charge in [-0.25, -0.2) is 4.79 Å². The average Bonchev–Trinajstić information content (AvgIpc) is 2.92. The monoisotopic (exact) mass is 567 g/mol. The molecule has 0 radical (unpaired) electrons. The zero-order chi connectivity index (χ0) is 29.8. The molecule has 0 bridgehead atoms. The van der Waals surface area contributed by atoms with Crippen LogP contribution in [-0.4, -0.2) is 60.6 Å². The molecule has 0 aliphatic carbocycles. The highest BCUT2D eigenvalue weighted by Gasteiger charge is 2.20. The number of likely N-dealkylation sites (N-methyl/N-ethyl adjacent to an activating group) is 1. The summed E-state index contributed by atoms with van der Waals surface area (Å²) in [4.78, 5) is 57.5. The fourth-order valence-corrected chi connectivity index (χ4v) is 4.77. The van der Waals surface area contributed by atoms with Gasteiger partial charge in [0.05, 0.1) is 6.04 Å². The summed E-state index contributed by atoms with van der Waals surface area (Å²) in [5.41, 5.74) is 0. The molecular weight excluding hydrogens is 510 g/mol. The Morgan fingerprint density at radius 3 is 1.65 bits per heavy atom. The van der Waals surface area contributed by atoms with Crippen LogP contribution in [0.2, 0.25) is 0 Å². The summed E-state index contributed by atoms with van der Waals surface area (Å²) in [5.74, 6) is -1.55. The van der Waals surface area contributed by atoms with Gasteiger partial charge in [0.2, 0.25) is 11.8 Å². The number of amides is 2. The van der Waals surface area contributed by atoms with Gasteiger partial charge in [-0.1, -0.05) is 77.0 Å². The molecule has 0 aromatic carbocycles. The predicted molar refractivity (Wildman–Crippen MR) is 159 cm³/mol. The van der Waals surface area contributed by atoms with Crippen LogP contribution in [0.15, 0.2) is 0 Å². The first-order valence-corrected chi connectivity index (χ1v) is 15.7. The van der Waals surface area contributed by atoms with E-state index in [1.807, 2.05) is 0 Å². The minimum atomic E-state index is -1.13. The van der Waals surface area contributed by atoms with Crippen LogP contribution in [0.4, 0.5) is 0 Å². The molecule has 9 nitrogen and oxygen atoms in total. The molecule has 0 fully saturated rings. The van der Waals surface area contributed by atoms with Gasteiger partial charge in [-0.2, -0.15) is 0 Å². The minimum Gasteiger partial charge on any atom is -0.480 e. The van der Waals surface area contributed by atoms with Crippen LogP contribution in [0.25, 0.3) is 0 Å². The molecule has 0 aliphatic rings. The first kappa shape index (κ1) is 37.7. The number of aliphatic carboxylic acids is 1. The van der Waals surface area contributed by atoms with E-state index in [-0.39, 0.29) is 36.5 Å². The van der Waals surface area contributed by atoms with Crippen molar-refractivity contribution >= 4 is 29.9 Å². The van der Waals surface area contributed by atoms with Crippen LogP contribution < -0.4 is 16.0 Å². The molecule has 4 N–H and O–H groups in total. The van der Waals surface area contributed by atoms with E-state index in [4.69, 9.17) is 0 Å². The third-order valence-corrected chi connectivity index (χ3v) is 7.35. The SMILES string of the molecule is CNC(CCCCNC(=O)CCC(NC(=O)CCCCCCCCCCCCCCCCC=O)C(=O)O)C(C)=O. The van der Waals surface area contributed by atoms with E-state index in [0.29, 0.717) is 25.8 Å². The second-order valence-electron chi connectivity index (χ2n) is 10.9. The van der Waals surface area contributed by atoms with E-state index < -0.39 is 12.0 Å². The number of hydrogen-bond donors (Lipinski definition) is 4. The highest BCUT2D eigenvalue weighted by molar-refractivity contribution is 5.84. The molecule has 0 aromatic rings. The molecule has 0 aliphatic heterocycles. The highest BCUT2D eigenvalue weighted by Crippen LogP contribution is 2.14. The summed E-state index contributed by atoms with van der Waals surface area (Å²) in [6, 6.07) is -1.23. The summed E-state index contributed by atoms with van der Waals surface area (Å²) < 4.78 is 0. The predicted octanol–water partition coefficient (Wildman–Crippen LogP) is 5.24. The van der Waals surface area contributed by atoms with Crippen LogP contribution in [0.1, 0.15) is 142 Å². The molecule has 2 atom stereocenters. The highest BCUT2D eigenvalue weighted by atomic mass is 16.4. The number of carbonyl (C=O) groups excluding carboxylic acids is 4. The molecular formula is C31H57N3O6. The van der Waals surface area contributed by atoms with Crippen LogP contribution in [0.3, 0.4) is 0 Å². The van der Waals surface area contributed by atoms with Crippen molar-refractivity contribution in [3.8, 4) is 0 Å². The van der Waals surface area contributed by atoms with E-state index in [9.17, 15) is 29.1 Å². The molecule has 232 valence electrons. The van der Waals surface area contributed by atoms with Crippen molar-refractivity contribution in [1.29, 1.82) is 0 Å². The molecule has 2 unspecified atom stereocenters. The van der Waals surface area contributed by atoms with Gasteiger partial charge in [-0.05, 0) is 52.5 Å². The largest absolute Gasteiger partial charge is 0.480 e. The Morgan fingerprint density at radius 1 is 0.650 bits per heavy atom. The Hall–Kier alpha value is -2.29. The van der Waals surface area contributed by atoms with Crippen LogP contribution in [0.5, 0.6) is 0 Å². The molecule has 2 amide bonds. The van der Waals surface area contributed by atoms with Gasteiger partial charge in [0.25, 0.3) is 0 Å². The summed E-state index contributed by atoms with van der Waals surface area (Å²) in [7, 11) is 1.75. The average molecular weight is 568 g/mol. The van der Waals surface area contributed by atoms with Gasteiger partial charge >= 0.3 is 5.97 Å². The Balaban J connectivity index is 3.74. The Labute approximate surface area is 242 Å². The number of carbonyl (C=O) groups is 5. The lowest BCUT2D eigenvalue weighted by molar-refractivity contribution is -0.142. The van der Waals surface area contributed by atoms with Crippen LogP contribution >= 0.6 is 0 Å². The van der Waals surface area contributed by atoms with Gasteiger partial charge in [-0.3, -0.25) is 14.4 Å². The van der Waals surface area contributed by atoms with Crippen molar-refractivity contribution in [2.24, 2.45) is 0 Å². The molecule has 9 heteroatoms. The Morgan fingerprint density at radius 2 is 1.18 bits per heavy atom. The number of carboxylic acids is 1. The van der Waals surface area contributed by atoms with Gasteiger partial charge < -0.3 is 25.9 Å². The summed E-state index contributed by atoms with van der Waals surface area (Å²) in [6.45, 7) is 2.03. The van der Waals surface area contributed by atoms with Crippen molar-refractivity contribution < 1.29 is 29.1 Å². The fourth-order valence-electron chi connectivity index (χ4n) is 4.77. The number of Topliss-reactive ketones (excluding diaryl/α,β-unsaturated/α-hetero) is 1. The van der Waals surface area contributed by atoms with Gasteiger partial charge in [-0.15, -0.1) is 0 Å². The van der Waals surface area contributed by atoms with Crippen LogP contribution in [-0.2, 0) is 24.0 Å². The maximum absolute atomic E-state index is 12.2. The topological polar surface area (TPSA) is 142 Å².